The Morgan fingerprint density at radius 2 is 1.38 bits per heavy atom. The standard InChI is InChI=1S/C18H16.Al.H3O4P/c1-3-7-15-13(5-1)9-11-18-16-8-4-2-6-14(16)10-12-17(15)18;;1-5(2,3)4/h1,3,5,7,9-12H,2,4,6,8H2;;(H3,1,2,3,4)/q;+3;/p-3. The van der Waals surface area contributed by atoms with Crippen molar-refractivity contribution in [3.05, 3.63) is 59.7 Å². The molecular formula is C18H16AlO4P. The number of phosphoric acid groups is 1. The molecule has 0 N–H and O–H groups in total. The summed E-state index contributed by atoms with van der Waals surface area (Å²) in [7, 11) is -5.39. The summed E-state index contributed by atoms with van der Waals surface area (Å²) in [6.07, 6.45) is 5.22. The molecule has 0 bridgehead atoms. The molecular weight excluding hydrogens is 338 g/mol. The number of rotatable bonds is 0. The van der Waals surface area contributed by atoms with Crippen LogP contribution >= 0.6 is 7.82 Å². The Morgan fingerprint density at radius 3 is 2.12 bits per heavy atom. The van der Waals surface area contributed by atoms with Gasteiger partial charge in [0.25, 0.3) is 0 Å². The van der Waals surface area contributed by atoms with Crippen molar-refractivity contribution in [2.45, 2.75) is 25.7 Å². The van der Waals surface area contributed by atoms with Crippen molar-refractivity contribution in [1.82, 2.24) is 0 Å². The smallest absolute Gasteiger partial charge is 0.822 e. The number of fused-ring (bicyclic) bond motifs is 5. The van der Waals surface area contributed by atoms with Gasteiger partial charge in [0.1, 0.15) is 0 Å². The molecule has 4 nitrogen and oxygen atoms in total. The average molecular weight is 354 g/mol. The third-order valence-electron chi connectivity index (χ3n) is 4.26. The van der Waals surface area contributed by atoms with Crippen LogP contribution in [0.2, 0.25) is 0 Å². The van der Waals surface area contributed by atoms with Gasteiger partial charge in [0.05, 0.1) is 0 Å². The molecule has 0 atom stereocenters. The Balaban J connectivity index is 0.000000309. The maximum atomic E-state index is 8.55. The number of hydrogen-bond donors (Lipinski definition) is 0. The van der Waals surface area contributed by atoms with Crippen molar-refractivity contribution in [2.24, 2.45) is 0 Å². The van der Waals surface area contributed by atoms with Crippen LogP contribution in [0, 0.1) is 0 Å². The molecule has 120 valence electrons. The minimum absolute atomic E-state index is 0. The Kier molecular flexibility index (Phi) is 6.23. The zero-order chi connectivity index (χ0) is 16.4. The zero-order valence-electron chi connectivity index (χ0n) is 13.1. The van der Waals surface area contributed by atoms with E-state index < -0.39 is 7.82 Å². The topological polar surface area (TPSA) is 86.2 Å². The SMILES string of the molecule is O=P([O-])([O-])[O-].[Al+3].c1ccc2c(c1)ccc1c3c(ccc12)CCCC3. The summed E-state index contributed by atoms with van der Waals surface area (Å²) in [6, 6.07) is 18.0. The molecule has 6 heteroatoms. The predicted octanol–water partition coefficient (Wildman–Crippen LogP) is 1.67. The van der Waals surface area contributed by atoms with Crippen molar-refractivity contribution in [3.8, 4) is 0 Å². The van der Waals surface area contributed by atoms with Gasteiger partial charge in [0.15, 0.2) is 0 Å². The van der Waals surface area contributed by atoms with Crippen LogP contribution in [0.3, 0.4) is 0 Å². The second-order valence-corrected chi connectivity index (χ2v) is 6.63. The van der Waals surface area contributed by atoms with Gasteiger partial charge in [-0.05, 0) is 58.4 Å². The summed E-state index contributed by atoms with van der Waals surface area (Å²) in [6.45, 7) is 0. The van der Waals surface area contributed by atoms with E-state index in [1.54, 1.807) is 11.1 Å². The number of benzene rings is 3. The quantitative estimate of drug-likeness (QED) is 0.349. The zero-order valence-corrected chi connectivity index (χ0v) is 15.2. The molecule has 0 aromatic heterocycles. The first-order chi connectivity index (χ1) is 10.9. The molecule has 0 fully saturated rings. The second-order valence-electron chi connectivity index (χ2n) is 5.74. The van der Waals surface area contributed by atoms with Gasteiger partial charge in [-0.3, -0.25) is 0 Å². The van der Waals surface area contributed by atoms with Gasteiger partial charge in [0, 0.05) is 0 Å². The van der Waals surface area contributed by atoms with Crippen LogP contribution < -0.4 is 14.7 Å². The monoisotopic (exact) mass is 354 g/mol. The molecule has 24 heavy (non-hydrogen) atoms. The summed E-state index contributed by atoms with van der Waals surface area (Å²) in [5.41, 5.74) is 3.17. The van der Waals surface area contributed by atoms with Gasteiger partial charge in [-0.1, -0.05) is 48.5 Å². The van der Waals surface area contributed by atoms with Gasteiger partial charge < -0.3 is 19.2 Å². The van der Waals surface area contributed by atoms with Crippen molar-refractivity contribution < 1.29 is 19.2 Å². The molecule has 4 rings (SSSR count). The van der Waals surface area contributed by atoms with E-state index in [9.17, 15) is 0 Å². The van der Waals surface area contributed by atoms with Crippen molar-refractivity contribution >= 4 is 46.7 Å². The summed E-state index contributed by atoms with van der Waals surface area (Å²) in [5, 5.41) is 5.64. The van der Waals surface area contributed by atoms with Crippen LogP contribution in [0.1, 0.15) is 24.0 Å². The fraction of sp³-hybridized carbons (Fsp3) is 0.222. The molecule has 0 heterocycles. The third kappa shape index (κ3) is 4.46. The van der Waals surface area contributed by atoms with E-state index in [4.69, 9.17) is 19.2 Å². The normalized spacial score (nSPS) is 13.6. The molecule has 0 saturated heterocycles. The molecule has 0 spiro atoms. The van der Waals surface area contributed by atoms with Crippen LogP contribution in [-0.2, 0) is 17.4 Å². The number of hydrogen-bond acceptors (Lipinski definition) is 4. The Morgan fingerprint density at radius 1 is 0.750 bits per heavy atom. The molecule has 0 aliphatic heterocycles. The first kappa shape index (κ1) is 19.2. The second kappa shape index (κ2) is 7.80. The van der Waals surface area contributed by atoms with E-state index in [0.717, 1.165) is 0 Å². The largest absolute Gasteiger partial charge is 3.00 e. The van der Waals surface area contributed by atoms with Gasteiger partial charge in [0.2, 0.25) is 0 Å². The van der Waals surface area contributed by atoms with Crippen LogP contribution in [0.25, 0.3) is 21.5 Å². The summed E-state index contributed by atoms with van der Waals surface area (Å²) < 4.78 is 8.55. The van der Waals surface area contributed by atoms with Crippen LogP contribution in [0.15, 0.2) is 48.5 Å². The minimum atomic E-state index is -5.39. The molecule has 3 aromatic carbocycles. The molecule has 1 aliphatic carbocycles. The Hall–Kier alpha value is -1.18. The van der Waals surface area contributed by atoms with E-state index in [0.29, 0.717) is 0 Å². The van der Waals surface area contributed by atoms with Crippen molar-refractivity contribution in [1.29, 1.82) is 0 Å². The Bertz CT molecular complexity index is 896. The van der Waals surface area contributed by atoms with Gasteiger partial charge in [-0.25, -0.2) is 0 Å². The van der Waals surface area contributed by atoms with Gasteiger partial charge in [-0.2, -0.15) is 7.82 Å². The molecule has 0 unspecified atom stereocenters. The van der Waals surface area contributed by atoms with Crippen LogP contribution in [-0.4, -0.2) is 17.4 Å². The van der Waals surface area contributed by atoms with Crippen molar-refractivity contribution in [3.63, 3.8) is 0 Å². The molecule has 3 aromatic rings. The fourth-order valence-corrected chi connectivity index (χ4v) is 3.34. The van der Waals surface area contributed by atoms with E-state index in [1.165, 1.54) is 47.2 Å². The Labute approximate surface area is 151 Å². The van der Waals surface area contributed by atoms with E-state index >= 15 is 0 Å². The first-order valence-corrected chi connectivity index (χ1v) is 9.05. The third-order valence-corrected chi connectivity index (χ3v) is 4.26. The maximum Gasteiger partial charge on any atom is 3.00 e. The summed E-state index contributed by atoms with van der Waals surface area (Å²) in [5.74, 6) is 0. The van der Waals surface area contributed by atoms with Crippen molar-refractivity contribution in [2.75, 3.05) is 0 Å². The predicted molar refractivity (Wildman–Crippen MR) is 91.5 cm³/mol. The molecule has 1 aliphatic rings. The first-order valence-electron chi connectivity index (χ1n) is 7.59. The van der Waals surface area contributed by atoms with E-state index in [2.05, 4.69) is 48.5 Å². The molecule has 0 radical (unpaired) electrons. The maximum absolute atomic E-state index is 8.55. The minimum Gasteiger partial charge on any atom is -0.822 e. The molecule has 0 amide bonds. The van der Waals surface area contributed by atoms with E-state index in [-0.39, 0.29) is 17.4 Å². The summed E-state index contributed by atoms with van der Waals surface area (Å²) >= 11 is 0. The van der Waals surface area contributed by atoms with Gasteiger partial charge in [-0.15, -0.1) is 0 Å². The number of aryl methyl sites for hydroxylation is 2. The van der Waals surface area contributed by atoms with Gasteiger partial charge >= 0.3 is 17.4 Å². The van der Waals surface area contributed by atoms with E-state index in [1.807, 2.05) is 0 Å². The van der Waals surface area contributed by atoms with Crippen LogP contribution in [0.4, 0.5) is 0 Å². The summed E-state index contributed by atoms with van der Waals surface area (Å²) in [4.78, 5) is 25.6. The van der Waals surface area contributed by atoms with Crippen LogP contribution in [0.5, 0.6) is 0 Å². The average Bonchev–Trinajstić information content (AvgIpc) is 2.52. The molecule has 0 saturated carbocycles. The fourth-order valence-electron chi connectivity index (χ4n) is 3.34.